The van der Waals surface area contributed by atoms with E-state index in [1.165, 1.54) is 48.5 Å². The Balaban J connectivity index is 1.76. The predicted octanol–water partition coefficient (Wildman–Crippen LogP) is 2.88. The van der Waals surface area contributed by atoms with Crippen LogP contribution in [0.3, 0.4) is 0 Å². The van der Waals surface area contributed by atoms with E-state index >= 15 is 0 Å². The van der Waals surface area contributed by atoms with Crippen molar-refractivity contribution in [3.8, 4) is 0 Å². The molecule has 1 heterocycles. The third kappa shape index (κ3) is 4.45. The molecule has 0 aromatic heterocycles. The molecule has 27 heavy (non-hydrogen) atoms. The van der Waals surface area contributed by atoms with Gasteiger partial charge in [0.25, 0.3) is 15.9 Å². The molecule has 8 heteroatoms. The number of hydrogen-bond acceptors (Lipinski definition) is 4. The van der Waals surface area contributed by atoms with Gasteiger partial charge in [-0.1, -0.05) is 12.1 Å². The summed E-state index contributed by atoms with van der Waals surface area (Å²) in [6, 6.07) is 11.1. The minimum absolute atomic E-state index is 0.0500. The first-order chi connectivity index (χ1) is 12.8. The van der Waals surface area contributed by atoms with Crippen molar-refractivity contribution in [1.29, 1.82) is 0 Å². The minimum atomic E-state index is -3.96. The first-order valence-corrected chi connectivity index (χ1v) is 10.1. The number of nitrogens with zero attached hydrogens (tertiary/aromatic N) is 1. The molecule has 1 aliphatic rings. The van der Waals surface area contributed by atoms with Crippen LogP contribution in [0.25, 0.3) is 0 Å². The van der Waals surface area contributed by atoms with Crippen LogP contribution in [0.1, 0.15) is 24.2 Å². The van der Waals surface area contributed by atoms with Gasteiger partial charge in [0.1, 0.15) is 5.82 Å². The smallest absolute Gasteiger partial charge is 0.261 e. The number of halogens is 1. The lowest BCUT2D eigenvalue weighted by Gasteiger charge is -2.35. The molecule has 2 aromatic carbocycles. The summed E-state index contributed by atoms with van der Waals surface area (Å²) >= 11 is 0. The maximum Gasteiger partial charge on any atom is 0.261 e. The molecule has 1 N–H and O–H groups in total. The van der Waals surface area contributed by atoms with Gasteiger partial charge in [-0.3, -0.25) is 9.52 Å². The Morgan fingerprint density at radius 1 is 1.07 bits per heavy atom. The topological polar surface area (TPSA) is 75.7 Å². The highest BCUT2D eigenvalue weighted by molar-refractivity contribution is 7.92. The van der Waals surface area contributed by atoms with Gasteiger partial charge in [-0.05, 0) is 50.2 Å². The highest BCUT2D eigenvalue weighted by Gasteiger charge is 2.27. The number of nitrogens with one attached hydrogen (secondary N) is 1. The van der Waals surface area contributed by atoms with E-state index in [0.717, 1.165) is 0 Å². The average molecular weight is 392 g/mol. The van der Waals surface area contributed by atoms with E-state index in [2.05, 4.69) is 4.72 Å². The molecule has 6 nitrogen and oxygen atoms in total. The molecule has 0 unspecified atom stereocenters. The van der Waals surface area contributed by atoms with Crippen molar-refractivity contribution >= 4 is 21.6 Å². The summed E-state index contributed by atoms with van der Waals surface area (Å²) in [4.78, 5) is 14.3. The maximum atomic E-state index is 13.7. The number of sulfonamides is 1. The van der Waals surface area contributed by atoms with Crippen LogP contribution in [0.5, 0.6) is 0 Å². The normalized spacial score (nSPS) is 20.3. The molecule has 1 aliphatic heterocycles. The Morgan fingerprint density at radius 3 is 2.26 bits per heavy atom. The predicted molar refractivity (Wildman–Crippen MR) is 99.6 cm³/mol. The molecule has 0 radical (unpaired) electrons. The largest absolute Gasteiger partial charge is 0.372 e. The number of carbonyl (C=O) groups excluding carboxylic acids is 1. The lowest BCUT2D eigenvalue weighted by atomic mass is 10.1. The number of hydrogen-bond donors (Lipinski definition) is 1. The zero-order chi connectivity index (χ0) is 19.6. The van der Waals surface area contributed by atoms with Gasteiger partial charge in [-0.2, -0.15) is 0 Å². The van der Waals surface area contributed by atoms with Gasteiger partial charge >= 0.3 is 0 Å². The Kier molecular flexibility index (Phi) is 5.48. The second kappa shape index (κ2) is 7.66. The molecule has 2 aromatic rings. The minimum Gasteiger partial charge on any atom is -0.372 e. The van der Waals surface area contributed by atoms with Crippen molar-refractivity contribution in [2.24, 2.45) is 0 Å². The highest BCUT2D eigenvalue weighted by Crippen LogP contribution is 2.20. The summed E-state index contributed by atoms with van der Waals surface area (Å²) in [5, 5.41) is 0. The molecule has 3 rings (SSSR count). The van der Waals surface area contributed by atoms with E-state index in [0.29, 0.717) is 18.7 Å². The Hall–Kier alpha value is -2.45. The molecule has 1 amide bonds. The molecule has 144 valence electrons. The van der Waals surface area contributed by atoms with Crippen LogP contribution in [0.4, 0.5) is 10.1 Å². The van der Waals surface area contributed by atoms with Crippen LogP contribution in [0.2, 0.25) is 0 Å². The summed E-state index contributed by atoms with van der Waals surface area (Å²) in [6.07, 6.45) is -0.107. The molecular weight excluding hydrogens is 371 g/mol. The fraction of sp³-hybridized carbons (Fsp3) is 0.316. The van der Waals surface area contributed by atoms with E-state index in [1.54, 1.807) is 4.90 Å². The molecule has 0 saturated carbocycles. The van der Waals surface area contributed by atoms with Crippen molar-refractivity contribution in [2.75, 3.05) is 17.8 Å². The summed E-state index contributed by atoms with van der Waals surface area (Å²) in [5.74, 6) is -0.841. The average Bonchev–Trinajstić information content (AvgIpc) is 2.62. The molecular formula is C19H21FN2O4S. The SMILES string of the molecule is C[C@@H]1CN(C(=O)c2ccc(S(=O)(=O)Nc3ccccc3F)cc2)C[C@H](C)O1. The van der Waals surface area contributed by atoms with Crippen LogP contribution < -0.4 is 4.72 Å². The number of benzene rings is 2. The van der Waals surface area contributed by atoms with Gasteiger partial charge in [0, 0.05) is 18.7 Å². The van der Waals surface area contributed by atoms with E-state index in [4.69, 9.17) is 4.74 Å². The highest BCUT2D eigenvalue weighted by atomic mass is 32.2. The van der Waals surface area contributed by atoms with Gasteiger partial charge in [0.15, 0.2) is 0 Å². The monoisotopic (exact) mass is 392 g/mol. The molecule has 1 saturated heterocycles. The third-order valence-corrected chi connectivity index (χ3v) is 5.62. The van der Waals surface area contributed by atoms with Gasteiger partial charge in [-0.25, -0.2) is 12.8 Å². The van der Waals surface area contributed by atoms with Gasteiger partial charge in [-0.15, -0.1) is 0 Å². The van der Waals surface area contributed by atoms with Crippen molar-refractivity contribution in [3.63, 3.8) is 0 Å². The molecule has 0 spiro atoms. The summed E-state index contributed by atoms with van der Waals surface area (Å²) < 4.78 is 46.4. The molecule has 2 atom stereocenters. The lowest BCUT2D eigenvalue weighted by molar-refractivity contribution is -0.0586. The van der Waals surface area contributed by atoms with Crippen molar-refractivity contribution in [2.45, 2.75) is 31.0 Å². The number of amides is 1. The van der Waals surface area contributed by atoms with Crippen LogP contribution in [0, 0.1) is 5.82 Å². The number of carbonyl (C=O) groups is 1. The first-order valence-electron chi connectivity index (χ1n) is 8.58. The maximum absolute atomic E-state index is 13.7. The number of ether oxygens (including phenoxy) is 1. The van der Waals surface area contributed by atoms with E-state index in [1.807, 2.05) is 13.8 Å². The van der Waals surface area contributed by atoms with Crippen LogP contribution >= 0.6 is 0 Å². The summed E-state index contributed by atoms with van der Waals surface area (Å²) in [6.45, 7) is 4.77. The second-order valence-corrected chi connectivity index (χ2v) is 8.26. The number of para-hydroxylation sites is 1. The molecule has 0 bridgehead atoms. The first kappa shape index (κ1) is 19.3. The molecule has 1 fully saturated rings. The van der Waals surface area contributed by atoms with Crippen LogP contribution in [-0.4, -0.2) is 44.5 Å². The van der Waals surface area contributed by atoms with E-state index in [9.17, 15) is 17.6 Å². The number of morpholine rings is 1. The second-order valence-electron chi connectivity index (χ2n) is 6.58. The zero-order valence-electron chi connectivity index (χ0n) is 15.1. The lowest BCUT2D eigenvalue weighted by Crippen LogP contribution is -2.48. The quantitative estimate of drug-likeness (QED) is 0.868. The number of rotatable bonds is 4. The Labute approximate surface area is 158 Å². The van der Waals surface area contributed by atoms with E-state index < -0.39 is 15.8 Å². The third-order valence-electron chi connectivity index (χ3n) is 4.24. The van der Waals surface area contributed by atoms with Crippen molar-refractivity contribution < 1.29 is 22.3 Å². The van der Waals surface area contributed by atoms with Crippen molar-refractivity contribution in [3.05, 3.63) is 59.9 Å². The summed E-state index contributed by atoms with van der Waals surface area (Å²) in [5.41, 5.74) is 0.259. The standard InChI is InChI=1S/C19H21FN2O4S/c1-13-11-22(12-14(2)26-13)19(23)15-7-9-16(10-8-15)27(24,25)21-18-6-4-3-5-17(18)20/h3-10,13-14,21H,11-12H2,1-2H3/t13-,14+. The van der Waals surface area contributed by atoms with Crippen molar-refractivity contribution in [1.82, 2.24) is 4.90 Å². The van der Waals surface area contributed by atoms with E-state index in [-0.39, 0.29) is 28.7 Å². The summed E-state index contributed by atoms with van der Waals surface area (Å²) in [7, 11) is -3.96. The fourth-order valence-corrected chi connectivity index (χ4v) is 4.12. The van der Waals surface area contributed by atoms with Crippen LogP contribution in [-0.2, 0) is 14.8 Å². The number of anilines is 1. The fourth-order valence-electron chi connectivity index (χ4n) is 3.05. The zero-order valence-corrected chi connectivity index (χ0v) is 15.9. The van der Waals surface area contributed by atoms with Gasteiger partial charge in [0.05, 0.1) is 22.8 Å². The molecule has 0 aliphatic carbocycles. The Bertz CT molecular complexity index is 921. The van der Waals surface area contributed by atoms with Gasteiger partial charge in [0.2, 0.25) is 0 Å². The Morgan fingerprint density at radius 2 is 1.67 bits per heavy atom. The van der Waals surface area contributed by atoms with Gasteiger partial charge < -0.3 is 9.64 Å². The van der Waals surface area contributed by atoms with Crippen LogP contribution in [0.15, 0.2) is 53.4 Å².